The third kappa shape index (κ3) is 9.97. The summed E-state index contributed by atoms with van der Waals surface area (Å²) < 4.78 is 11.8. The van der Waals surface area contributed by atoms with Gasteiger partial charge in [-0.2, -0.15) is 0 Å². The first kappa shape index (κ1) is 29.1. The molecule has 30 heavy (non-hydrogen) atoms. The molecule has 0 saturated carbocycles. The molecule has 168 valence electrons. The van der Waals surface area contributed by atoms with Crippen LogP contribution >= 0.6 is 39.9 Å². The Balaban J connectivity index is 0.000000418. The fourth-order valence-electron chi connectivity index (χ4n) is 2.57. The van der Waals surface area contributed by atoms with Crippen LogP contribution in [0.1, 0.15) is 43.5 Å². The van der Waals surface area contributed by atoms with Crippen molar-refractivity contribution in [2.45, 2.75) is 60.2 Å². The lowest BCUT2D eigenvalue weighted by molar-refractivity contribution is -0.119. The lowest BCUT2D eigenvalue weighted by atomic mass is 10.1. The van der Waals surface area contributed by atoms with Crippen LogP contribution in [-0.4, -0.2) is 24.8 Å². The normalized spacial score (nSPS) is 10.0. The van der Waals surface area contributed by atoms with Crippen molar-refractivity contribution < 1.29 is 9.47 Å². The second kappa shape index (κ2) is 15.9. The zero-order valence-corrected chi connectivity index (χ0v) is 21.6. The monoisotopic (exact) mass is 512 g/mol. The summed E-state index contributed by atoms with van der Waals surface area (Å²) in [7, 11) is 0. The fraction of sp³-hybridized carbons (Fsp3) is 0.440. The van der Waals surface area contributed by atoms with Gasteiger partial charge in [-0.3, -0.25) is 0 Å². The van der Waals surface area contributed by atoms with Crippen LogP contribution in [0.4, 0.5) is 0 Å². The molecule has 0 aliphatic carbocycles. The van der Waals surface area contributed by atoms with Crippen LogP contribution < -0.4 is 0 Å². The topological polar surface area (TPSA) is 18.5 Å². The number of rotatable bonds is 5. The molecule has 1 aromatic heterocycles. The molecular formula is C25H37BrO2S2. The molecule has 2 nitrogen and oxygen atoms in total. The van der Waals surface area contributed by atoms with Crippen LogP contribution in [0.25, 0.3) is 10.1 Å². The third-order valence-electron chi connectivity index (χ3n) is 4.23. The van der Waals surface area contributed by atoms with E-state index in [4.69, 9.17) is 9.47 Å². The van der Waals surface area contributed by atoms with E-state index in [1.54, 1.807) is 0 Å². The van der Waals surface area contributed by atoms with Crippen molar-refractivity contribution in [3.05, 3.63) is 64.0 Å². The minimum Gasteiger partial charge on any atom is -0.352 e. The van der Waals surface area contributed by atoms with Gasteiger partial charge in [0.2, 0.25) is 0 Å². The van der Waals surface area contributed by atoms with Gasteiger partial charge in [0.15, 0.2) is 6.29 Å². The first-order valence-electron chi connectivity index (χ1n) is 9.82. The van der Waals surface area contributed by atoms with E-state index in [1.807, 2.05) is 25.2 Å². The molecule has 0 unspecified atom stereocenters. The number of fused-ring (bicyclic) bond motifs is 1. The van der Waals surface area contributed by atoms with Gasteiger partial charge in [0.05, 0.1) is 5.33 Å². The summed E-state index contributed by atoms with van der Waals surface area (Å²) in [5.41, 5.74) is 5.28. The Morgan fingerprint density at radius 1 is 0.900 bits per heavy atom. The van der Waals surface area contributed by atoms with Crippen molar-refractivity contribution in [3.63, 3.8) is 0 Å². The average Bonchev–Trinajstić information content (AvgIpc) is 3.20. The zero-order chi connectivity index (χ0) is 21.8. The van der Waals surface area contributed by atoms with Gasteiger partial charge in [-0.05, 0) is 81.1 Å². The highest BCUT2D eigenvalue weighted by molar-refractivity contribution is 9.09. The molecule has 0 spiro atoms. The van der Waals surface area contributed by atoms with Crippen LogP contribution in [-0.2, 0) is 9.47 Å². The number of benzene rings is 2. The number of halogens is 1. The van der Waals surface area contributed by atoms with Crippen LogP contribution in [0.2, 0.25) is 0 Å². The molecule has 0 N–H and O–H groups in total. The van der Waals surface area contributed by atoms with E-state index in [0.717, 1.165) is 10.2 Å². The number of aryl methyl sites for hydroxylation is 4. The molecule has 0 aliphatic heterocycles. The van der Waals surface area contributed by atoms with Crippen molar-refractivity contribution in [3.8, 4) is 0 Å². The number of thiol groups is 1. The van der Waals surface area contributed by atoms with E-state index >= 15 is 0 Å². The number of alkyl halides is 1. The molecule has 0 bridgehead atoms. The van der Waals surface area contributed by atoms with Crippen LogP contribution in [0.3, 0.4) is 0 Å². The first-order chi connectivity index (χ1) is 13.8. The number of hydrogen-bond donors (Lipinski definition) is 1. The highest BCUT2D eigenvalue weighted by Crippen LogP contribution is 2.26. The molecule has 0 aliphatic rings. The van der Waals surface area contributed by atoms with Crippen LogP contribution in [0, 0.1) is 27.7 Å². The standard InChI is InChI=1S/C10H10S.C8H10S.C6H13BrO2.CH4/c1-7-3-4-8(2)10-9(7)5-6-11-10;1-6-3-4-7(2)8(9)5-6;1-3-8-6(5-7)9-4-2;/h3-6H,1-2H3;3-5,9H,1-2H3;6H,3-5H2,1-2H3;1H4. The van der Waals surface area contributed by atoms with E-state index in [0.29, 0.717) is 13.2 Å². The molecule has 5 heteroatoms. The summed E-state index contributed by atoms with van der Waals surface area (Å²) in [6, 6.07) is 12.8. The maximum atomic E-state index is 5.16. The van der Waals surface area contributed by atoms with Gasteiger partial charge in [-0.1, -0.05) is 53.2 Å². The van der Waals surface area contributed by atoms with E-state index in [2.05, 4.69) is 98.0 Å². The van der Waals surface area contributed by atoms with Gasteiger partial charge >= 0.3 is 0 Å². The minimum atomic E-state index is -0.0694. The summed E-state index contributed by atoms with van der Waals surface area (Å²) in [6.45, 7) is 13.8. The minimum absolute atomic E-state index is 0. The van der Waals surface area contributed by atoms with Crippen LogP contribution in [0.5, 0.6) is 0 Å². The summed E-state index contributed by atoms with van der Waals surface area (Å²) in [4.78, 5) is 1.08. The van der Waals surface area contributed by atoms with Gasteiger partial charge in [-0.15, -0.1) is 24.0 Å². The Morgan fingerprint density at radius 2 is 1.47 bits per heavy atom. The molecule has 3 rings (SSSR count). The fourth-order valence-corrected chi connectivity index (χ4v) is 4.17. The predicted molar refractivity (Wildman–Crippen MR) is 142 cm³/mol. The largest absolute Gasteiger partial charge is 0.352 e. The number of ether oxygens (including phenoxy) is 2. The lowest BCUT2D eigenvalue weighted by Crippen LogP contribution is -2.18. The van der Waals surface area contributed by atoms with E-state index in [9.17, 15) is 0 Å². The highest BCUT2D eigenvalue weighted by atomic mass is 79.9. The van der Waals surface area contributed by atoms with Gasteiger partial charge < -0.3 is 9.47 Å². The van der Waals surface area contributed by atoms with Gasteiger partial charge in [0.1, 0.15) is 0 Å². The lowest BCUT2D eigenvalue weighted by Gasteiger charge is -2.12. The average molecular weight is 514 g/mol. The van der Waals surface area contributed by atoms with Crippen molar-refractivity contribution >= 4 is 50.0 Å². The SMILES string of the molecule is C.CCOC(CBr)OCC.Cc1ccc(C)c(S)c1.Cc1ccc(C)c2sccc12. The zero-order valence-electron chi connectivity index (χ0n) is 18.3. The van der Waals surface area contributed by atoms with Crippen molar-refractivity contribution in [2.75, 3.05) is 18.5 Å². The second-order valence-corrected chi connectivity index (χ2v) is 8.69. The molecular weight excluding hydrogens is 476 g/mol. The van der Waals surface area contributed by atoms with E-state index in [1.165, 1.54) is 32.3 Å². The number of hydrogen-bond acceptors (Lipinski definition) is 4. The van der Waals surface area contributed by atoms with Crippen molar-refractivity contribution in [1.29, 1.82) is 0 Å². The molecule has 0 atom stereocenters. The maximum absolute atomic E-state index is 5.16. The van der Waals surface area contributed by atoms with E-state index < -0.39 is 0 Å². The van der Waals surface area contributed by atoms with Crippen LogP contribution in [0.15, 0.2) is 46.7 Å². The second-order valence-electron chi connectivity index (χ2n) is 6.65. The third-order valence-corrected chi connectivity index (χ3v) is 6.29. The van der Waals surface area contributed by atoms with Crippen molar-refractivity contribution in [1.82, 2.24) is 0 Å². The molecule has 0 radical (unpaired) electrons. The van der Waals surface area contributed by atoms with E-state index in [-0.39, 0.29) is 13.7 Å². The smallest absolute Gasteiger partial charge is 0.167 e. The Labute approximate surface area is 201 Å². The molecule has 0 fully saturated rings. The maximum Gasteiger partial charge on any atom is 0.167 e. The first-order valence-corrected chi connectivity index (χ1v) is 12.3. The Bertz CT molecular complexity index is 819. The summed E-state index contributed by atoms with van der Waals surface area (Å²) in [5.74, 6) is 0. The molecule has 2 aromatic carbocycles. The molecule has 1 heterocycles. The molecule has 0 saturated heterocycles. The Kier molecular flexibility index (Phi) is 15.4. The quantitative estimate of drug-likeness (QED) is 0.209. The van der Waals surface area contributed by atoms with Crippen molar-refractivity contribution in [2.24, 2.45) is 0 Å². The molecule has 3 aromatic rings. The predicted octanol–water partition coefficient (Wildman–Crippen LogP) is 8.53. The molecule has 0 amide bonds. The summed E-state index contributed by atoms with van der Waals surface area (Å²) in [5, 5.41) is 4.31. The highest BCUT2D eigenvalue weighted by Gasteiger charge is 2.02. The summed E-state index contributed by atoms with van der Waals surface area (Å²) >= 11 is 9.36. The number of thiophene rings is 1. The Hall–Kier alpha value is -0.850. The van der Waals surface area contributed by atoms with Gasteiger partial charge in [0.25, 0.3) is 0 Å². The Morgan fingerprint density at radius 3 is 1.93 bits per heavy atom. The van der Waals surface area contributed by atoms with Gasteiger partial charge in [0, 0.05) is 22.8 Å². The summed E-state index contributed by atoms with van der Waals surface area (Å²) in [6.07, 6.45) is -0.0694. The van der Waals surface area contributed by atoms with Gasteiger partial charge in [-0.25, -0.2) is 0 Å².